The lowest BCUT2D eigenvalue weighted by Gasteiger charge is -2.20. The Balaban J connectivity index is 1.59. The predicted molar refractivity (Wildman–Crippen MR) is 111 cm³/mol. The molecule has 0 aromatic heterocycles. The molecule has 1 heterocycles. The Bertz CT molecular complexity index is 964. The molecule has 0 radical (unpaired) electrons. The molecule has 2 aromatic rings. The third kappa shape index (κ3) is 4.83. The zero-order chi connectivity index (χ0) is 21.7. The Labute approximate surface area is 178 Å². The van der Waals surface area contributed by atoms with Crippen LogP contribution in [0.2, 0.25) is 5.02 Å². The number of methoxy groups -OCH3 is 2. The van der Waals surface area contributed by atoms with Crippen molar-refractivity contribution in [2.75, 3.05) is 37.6 Å². The van der Waals surface area contributed by atoms with Crippen molar-refractivity contribution < 1.29 is 28.6 Å². The maximum atomic E-state index is 12.5. The first kappa shape index (κ1) is 21.4. The van der Waals surface area contributed by atoms with Gasteiger partial charge in [0.15, 0.2) is 6.61 Å². The van der Waals surface area contributed by atoms with E-state index in [0.29, 0.717) is 27.9 Å². The largest absolute Gasteiger partial charge is 0.497 e. The zero-order valence-electron chi connectivity index (χ0n) is 16.5. The minimum atomic E-state index is -0.683. The van der Waals surface area contributed by atoms with Gasteiger partial charge < -0.3 is 24.4 Å². The highest BCUT2D eigenvalue weighted by molar-refractivity contribution is 6.33. The molecule has 1 atom stereocenters. The Morgan fingerprint density at radius 2 is 1.93 bits per heavy atom. The van der Waals surface area contributed by atoms with E-state index in [1.54, 1.807) is 42.5 Å². The molecule has 0 spiro atoms. The van der Waals surface area contributed by atoms with Gasteiger partial charge in [0.2, 0.25) is 5.91 Å². The molecular formula is C21H21ClN2O6. The number of ether oxygens (including phenoxy) is 3. The number of halogens is 1. The maximum Gasteiger partial charge on any atom is 0.311 e. The van der Waals surface area contributed by atoms with Gasteiger partial charge in [0.25, 0.3) is 5.91 Å². The van der Waals surface area contributed by atoms with Crippen molar-refractivity contribution in [2.45, 2.75) is 6.42 Å². The monoisotopic (exact) mass is 432 g/mol. The second kappa shape index (κ2) is 9.49. The molecule has 1 aliphatic heterocycles. The van der Waals surface area contributed by atoms with Crippen LogP contribution >= 0.6 is 11.6 Å². The van der Waals surface area contributed by atoms with Gasteiger partial charge in [-0.05, 0) is 24.3 Å². The third-order valence-corrected chi connectivity index (χ3v) is 4.96. The number of nitrogens with one attached hydrogen (secondary N) is 1. The number of nitrogens with zero attached hydrogens (tertiary/aromatic N) is 1. The highest BCUT2D eigenvalue weighted by Crippen LogP contribution is 2.36. The normalized spacial score (nSPS) is 15.6. The molecule has 1 fully saturated rings. The first-order valence-electron chi connectivity index (χ1n) is 9.16. The fraction of sp³-hybridized carbons (Fsp3) is 0.286. The fourth-order valence-corrected chi connectivity index (χ4v) is 3.29. The van der Waals surface area contributed by atoms with Gasteiger partial charge >= 0.3 is 5.97 Å². The van der Waals surface area contributed by atoms with Crippen molar-refractivity contribution >= 4 is 40.8 Å². The van der Waals surface area contributed by atoms with E-state index in [1.165, 1.54) is 19.1 Å². The molecule has 0 saturated carbocycles. The summed E-state index contributed by atoms with van der Waals surface area (Å²) in [5, 5.41) is 2.95. The number of para-hydroxylation sites is 1. The van der Waals surface area contributed by atoms with E-state index in [2.05, 4.69) is 5.32 Å². The van der Waals surface area contributed by atoms with Gasteiger partial charge in [-0.15, -0.1) is 0 Å². The van der Waals surface area contributed by atoms with E-state index in [1.807, 2.05) is 0 Å². The van der Waals surface area contributed by atoms with Crippen LogP contribution in [0.25, 0.3) is 0 Å². The number of amides is 2. The minimum Gasteiger partial charge on any atom is -0.497 e. The first-order chi connectivity index (χ1) is 14.4. The van der Waals surface area contributed by atoms with E-state index in [-0.39, 0.29) is 18.9 Å². The van der Waals surface area contributed by atoms with E-state index in [4.69, 9.17) is 25.8 Å². The molecule has 1 N–H and O–H groups in total. The molecule has 2 amide bonds. The number of esters is 1. The average molecular weight is 433 g/mol. The van der Waals surface area contributed by atoms with Crippen LogP contribution in [0.5, 0.6) is 11.5 Å². The number of carbonyl (C=O) groups excluding carboxylic acids is 3. The number of benzene rings is 2. The van der Waals surface area contributed by atoms with Crippen LogP contribution in [0.1, 0.15) is 6.42 Å². The maximum absolute atomic E-state index is 12.5. The van der Waals surface area contributed by atoms with E-state index < -0.39 is 24.4 Å². The number of anilines is 2. The lowest BCUT2D eigenvalue weighted by Crippen LogP contribution is -2.28. The van der Waals surface area contributed by atoms with Crippen molar-refractivity contribution in [3.05, 3.63) is 47.5 Å². The van der Waals surface area contributed by atoms with Crippen LogP contribution in [0.15, 0.2) is 42.5 Å². The van der Waals surface area contributed by atoms with Crippen LogP contribution in [-0.4, -0.2) is 45.2 Å². The molecule has 0 aliphatic carbocycles. The van der Waals surface area contributed by atoms with E-state index >= 15 is 0 Å². The van der Waals surface area contributed by atoms with Crippen molar-refractivity contribution in [3.8, 4) is 11.5 Å². The summed E-state index contributed by atoms with van der Waals surface area (Å²) in [6.45, 7) is -0.340. The Morgan fingerprint density at radius 3 is 2.63 bits per heavy atom. The van der Waals surface area contributed by atoms with E-state index in [0.717, 1.165) is 0 Å². The lowest BCUT2D eigenvalue weighted by atomic mass is 10.1. The fourth-order valence-electron chi connectivity index (χ4n) is 3.11. The smallest absolute Gasteiger partial charge is 0.311 e. The molecule has 0 unspecified atom stereocenters. The Kier molecular flexibility index (Phi) is 6.79. The number of hydrogen-bond acceptors (Lipinski definition) is 6. The van der Waals surface area contributed by atoms with Gasteiger partial charge in [-0.25, -0.2) is 0 Å². The van der Waals surface area contributed by atoms with Crippen LogP contribution in [0, 0.1) is 5.92 Å². The number of carbonyl (C=O) groups is 3. The van der Waals surface area contributed by atoms with Crippen molar-refractivity contribution in [2.24, 2.45) is 5.92 Å². The molecule has 0 bridgehead atoms. The average Bonchev–Trinajstić information content (AvgIpc) is 3.14. The summed E-state index contributed by atoms with van der Waals surface area (Å²) in [4.78, 5) is 38.3. The third-order valence-electron chi connectivity index (χ3n) is 4.63. The van der Waals surface area contributed by atoms with Crippen molar-refractivity contribution in [3.63, 3.8) is 0 Å². The molecule has 1 saturated heterocycles. The standard InChI is InChI=1S/C21H21ClN2O6/c1-28-14-7-8-17(18(10-14)29-2)24-11-13(9-20(24)26)21(27)30-12-19(25)23-16-6-4-3-5-15(16)22/h3-8,10,13H,9,11-12H2,1-2H3,(H,23,25)/t13-/m0/s1. The second-order valence-corrected chi connectivity index (χ2v) is 6.99. The molecule has 8 nitrogen and oxygen atoms in total. The topological polar surface area (TPSA) is 94.2 Å². The highest BCUT2D eigenvalue weighted by Gasteiger charge is 2.37. The van der Waals surface area contributed by atoms with Gasteiger partial charge in [0.1, 0.15) is 11.5 Å². The zero-order valence-corrected chi connectivity index (χ0v) is 17.3. The summed E-state index contributed by atoms with van der Waals surface area (Å²) in [6, 6.07) is 11.8. The van der Waals surface area contributed by atoms with Crippen molar-refractivity contribution in [1.29, 1.82) is 0 Å². The minimum absolute atomic E-state index is 0.0137. The SMILES string of the molecule is COc1ccc(N2C[C@@H](C(=O)OCC(=O)Nc3ccccc3Cl)CC2=O)c(OC)c1. The van der Waals surface area contributed by atoms with Gasteiger partial charge in [0.05, 0.1) is 36.5 Å². The predicted octanol–water partition coefficient (Wildman–Crippen LogP) is 2.89. The van der Waals surface area contributed by atoms with Gasteiger partial charge in [-0.1, -0.05) is 23.7 Å². The molecule has 30 heavy (non-hydrogen) atoms. The summed E-state index contributed by atoms with van der Waals surface area (Å²) < 4.78 is 15.6. The summed E-state index contributed by atoms with van der Waals surface area (Å²) in [6.07, 6.45) is -0.0137. The first-order valence-corrected chi connectivity index (χ1v) is 9.54. The Morgan fingerprint density at radius 1 is 1.17 bits per heavy atom. The highest BCUT2D eigenvalue weighted by atomic mass is 35.5. The van der Waals surface area contributed by atoms with Gasteiger partial charge in [-0.3, -0.25) is 14.4 Å². The molecular weight excluding hydrogens is 412 g/mol. The van der Waals surface area contributed by atoms with Crippen LogP contribution in [0.4, 0.5) is 11.4 Å². The Hall–Kier alpha value is -3.26. The van der Waals surface area contributed by atoms with Crippen LogP contribution < -0.4 is 19.7 Å². The second-order valence-electron chi connectivity index (χ2n) is 6.58. The number of rotatable bonds is 7. The summed E-state index contributed by atoms with van der Waals surface area (Å²) in [7, 11) is 3.02. The molecule has 158 valence electrons. The summed E-state index contributed by atoms with van der Waals surface area (Å²) in [5.41, 5.74) is 0.962. The lowest BCUT2D eigenvalue weighted by molar-refractivity contribution is -0.151. The van der Waals surface area contributed by atoms with Gasteiger partial charge in [0, 0.05) is 19.0 Å². The molecule has 2 aromatic carbocycles. The van der Waals surface area contributed by atoms with Crippen LogP contribution in [-0.2, 0) is 19.1 Å². The molecule has 3 rings (SSSR count). The summed E-state index contributed by atoms with van der Waals surface area (Å²) >= 11 is 5.99. The van der Waals surface area contributed by atoms with Crippen LogP contribution in [0.3, 0.4) is 0 Å². The quantitative estimate of drug-likeness (QED) is 0.676. The van der Waals surface area contributed by atoms with Gasteiger partial charge in [-0.2, -0.15) is 0 Å². The van der Waals surface area contributed by atoms with Crippen molar-refractivity contribution in [1.82, 2.24) is 0 Å². The summed E-state index contributed by atoms with van der Waals surface area (Å²) in [5.74, 6) is -1.01. The number of hydrogen-bond donors (Lipinski definition) is 1. The molecule has 1 aliphatic rings. The molecule has 9 heteroatoms. The van der Waals surface area contributed by atoms with E-state index in [9.17, 15) is 14.4 Å².